The number of rotatable bonds is 13. The lowest BCUT2D eigenvalue weighted by molar-refractivity contribution is 0.244. The maximum absolute atomic E-state index is 4.87. The van der Waals surface area contributed by atoms with Gasteiger partial charge in [0.1, 0.15) is 11.6 Å². The molecule has 2 aromatic heterocycles. The van der Waals surface area contributed by atoms with E-state index >= 15 is 0 Å². The maximum Gasteiger partial charge on any atom is 0.225 e. The number of nitrogens with zero attached hydrogens (tertiary/aromatic N) is 5. The first-order valence-corrected chi connectivity index (χ1v) is 16.2. The Labute approximate surface area is 263 Å². The first-order chi connectivity index (χ1) is 21.2. The molecule has 6 rings (SSSR count). The SMILES string of the molecule is C.Cc1cc(N2CCN(Cc3nc4ccccc4[nH]3)CC2)nc(NCc2ccc(CNCCCNC3CCCCC3)cc2)n1. The summed E-state index contributed by atoms with van der Waals surface area (Å²) in [6.07, 6.45) is 8.09. The predicted octanol–water partition coefficient (Wildman–Crippen LogP) is 5.63. The Morgan fingerprint density at radius 3 is 2.36 bits per heavy atom. The van der Waals surface area contributed by atoms with Crippen molar-refractivity contribution in [1.82, 2.24) is 35.5 Å². The van der Waals surface area contributed by atoms with Crippen molar-refractivity contribution in [2.24, 2.45) is 0 Å². The number of aromatic nitrogens is 4. The van der Waals surface area contributed by atoms with Crippen LogP contribution in [0, 0.1) is 6.92 Å². The van der Waals surface area contributed by atoms with E-state index in [4.69, 9.17) is 9.97 Å². The van der Waals surface area contributed by atoms with E-state index in [1.54, 1.807) is 0 Å². The van der Waals surface area contributed by atoms with Gasteiger partial charge in [0.15, 0.2) is 0 Å². The molecule has 0 radical (unpaired) electrons. The van der Waals surface area contributed by atoms with Crippen LogP contribution in [0.15, 0.2) is 54.6 Å². The van der Waals surface area contributed by atoms with Crippen LogP contribution in [-0.4, -0.2) is 70.1 Å². The Morgan fingerprint density at radius 2 is 1.59 bits per heavy atom. The second kappa shape index (κ2) is 16.0. The van der Waals surface area contributed by atoms with E-state index in [0.717, 1.165) is 86.8 Å². The lowest BCUT2D eigenvalue weighted by atomic mass is 9.95. The molecular formula is C35H51N9. The molecule has 9 nitrogen and oxygen atoms in total. The van der Waals surface area contributed by atoms with Gasteiger partial charge >= 0.3 is 0 Å². The fourth-order valence-electron chi connectivity index (χ4n) is 6.24. The molecule has 1 saturated carbocycles. The van der Waals surface area contributed by atoms with Gasteiger partial charge in [-0.3, -0.25) is 4.90 Å². The number of imidazole rings is 1. The van der Waals surface area contributed by atoms with Crippen molar-refractivity contribution in [3.8, 4) is 0 Å². The Hall–Kier alpha value is -3.53. The van der Waals surface area contributed by atoms with Crippen LogP contribution in [0.25, 0.3) is 11.0 Å². The lowest BCUT2D eigenvalue weighted by Gasteiger charge is -2.35. The smallest absolute Gasteiger partial charge is 0.225 e. The van der Waals surface area contributed by atoms with E-state index in [-0.39, 0.29) is 7.43 Å². The number of benzene rings is 2. The number of nitrogens with one attached hydrogen (secondary N) is 4. The van der Waals surface area contributed by atoms with E-state index in [1.165, 1.54) is 49.7 Å². The fraction of sp³-hybridized carbons (Fsp3) is 0.514. The van der Waals surface area contributed by atoms with Gasteiger partial charge in [0.2, 0.25) is 5.95 Å². The standard InChI is InChI=1S/C34H47N9.CH4/c1-26-22-33(43-20-18-42(19-21-43)25-32-39-30-10-5-6-11-31(30)40-32)41-34(38-26)37-24-28-14-12-27(13-15-28)23-35-16-7-17-36-29-8-3-2-4-9-29;/h5-6,10-15,22,29,35-36H,2-4,7-9,16-21,23-25H2,1H3,(H,39,40)(H,37,38,41);1H4. The highest BCUT2D eigenvalue weighted by molar-refractivity contribution is 5.74. The molecule has 4 aromatic rings. The van der Waals surface area contributed by atoms with E-state index in [1.807, 2.05) is 19.1 Å². The zero-order valence-corrected chi connectivity index (χ0v) is 25.6. The number of anilines is 2. The molecule has 9 heteroatoms. The summed E-state index contributed by atoms with van der Waals surface area (Å²) in [5, 5.41) is 10.8. The molecule has 3 heterocycles. The molecule has 0 bridgehead atoms. The van der Waals surface area contributed by atoms with Crippen LogP contribution in [0.5, 0.6) is 0 Å². The van der Waals surface area contributed by atoms with Gasteiger partial charge in [-0.2, -0.15) is 4.98 Å². The van der Waals surface area contributed by atoms with Crippen molar-refractivity contribution in [2.45, 2.75) is 78.6 Å². The normalized spacial score (nSPS) is 16.2. The molecule has 0 spiro atoms. The zero-order valence-electron chi connectivity index (χ0n) is 25.6. The summed E-state index contributed by atoms with van der Waals surface area (Å²) in [5.74, 6) is 2.71. The third-order valence-electron chi connectivity index (χ3n) is 8.72. The molecule has 2 fully saturated rings. The summed E-state index contributed by atoms with van der Waals surface area (Å²) >= 11 is 0. The highest BCUT2D eigenvalue weighted by Gasteiger charge is 2.20. The molecule has 2 aromatic carbocycles. The second-order valence-corrected chi connectivity index (χ2v) is 12.1. The highest BCUT2D eigenvalue weighted by Crippen LogP contribution is 2.20. The Bertz CT molecular complexity index is 1390. The molecule has 0 atom stereocenters. The van der Waals surface area contributed by atoms with Gasteiger partial charge in [0, 0.05) is 57.1 Å². The average Bonchev–Trinajstić information content (AvgIpc) is 3.45. The molecule has 1 aliphatic heterocycles. The number of para-hydroxylation sites is 2. The van der Waals surface area contributed by atoms with Gasteiger partial charge in [-0.05, 0) is 62.5 Å². The van der Waals surface area contributed by atoms with Gasteiger partial charge in [0.05, 0.1) is 17.6 Å². The molecule has 1 aliphatic carbocycles. The average molecular weight is 598 g/mol. The summed E-state index contributed by atoms with van der Waals surface area (Å²) in [5.41, 5.74) is 5.66. The molecular weight excluding hydrogens is 546 g/mol. The minimum Gasteiger partial charge on any atom is -0.354 e. The monoisotopic (exact) mass is 597 g/mol. The van der Waals surface area contributed by atoms with Gasteiger partial charge in [0.25, 0.3) is 0 Å². The topological polar surface area (TPSA) is 97.0 Å². The second-order valence-electron chi connectivity index (χ2n) is 12.1. The molecule has 4 N–H and O–H groups in total. The van der Waals surface area contributed by atoms with E-state index in [0.29, 0.717) is 12.5 Å². The summed E-state index contributed by atoms with van der Waals surface area (Å²) in [6, 6.07) is 19.9. The fourth-order valence-corrected chi connectivity index (χ4v) is 6.24. The Balaban J connectivity index is 0.00000384. The van der Waals surface area contributed by atoms with Gasteiger partial charge in [-0.25, -0.2) is 9.97 Å². The molecule has 2 aliphatic rings. The summed E-state index contributed by atoms with van der Waals surface area (Å²) in [7, 11) is 0. The number of hydrogen-bond acceptors (Lipinski definition) is 8. The number of hydrogen-bond donors (Lipinski definition) is 4. The van der Waals surface area contributed by atoms with E-state index < -0.39 is 0 Å². The molecule has 1 saturated heterocycles. The van der Waals surface area contributed by atoms with Crippen LogP contribution in [0.4, 0.5) is 11.8 Å². The highest BCUT2D eigenvalue weighted by atomic mass is 15.3. The quantitative estimate of drug-likeness (QED) is 0.147. The van der Waals surface area contributed by atoms with Crippen molar-refractivity contribution < 1.29 is 0 Å². The maximum atomic E-state index is 4.87. The van der Waals surface area contributed by atoms with Crippen LogP contribution < -0.4 is 20.9 Å². The van der Waals surface area contributed by atoms with E-state index in [9.17, 15) is 0 Å². The van der Waals surface area contributed by atoms with Crippen molar-refractivity contribution in [1.29, 1.82) is 0 Å². The number of aryl methyl sites for hydroxylation is 1. The minimum absolute atomic E-state index is 0. The number of piperazine rings is 1. The van der Waals surface area contributed by atoms with Gasteiger partial charge in [-0.1, -0.05) is 63.1 Å². The molecule has 236 valence electrons. The third kappa shape index (κ3) is 9.00. The number of aromatic amines is 1. The van der Waals surface area contributed by atoms with Gasteiger partial charge < -0.3 is 25.8 Å². The van der Waals surface area contributed by atoms with Crippen LogP contribution in [-0.2, 0) is 19.6 Å². The minimum atomic E-state index is 0. The summed E-state index contributed by atoms with van der Waals surface area (Å²) in [6.45, 7) is 10.5. The molecule has 0 amide bonds. The van der Waals surface area contributed by atoms with Crippen molar-refractivity contribution in [3.05, 3.63) is 77.2 Å². The Kier molecular flexibility index (Phi) is 11.6. The number of H-pyrrole nitrogens is 1. The van der Waals surface area contributed by atoms with Crippen LogP contribution >= 0.6 is 0 Å². The van der Waals surface area contributed by atoms with Crippen LogP contribution in [0.3, 0.4) is 0 Å². The van der Waals surface area contributed by atoms with Gasteiger partial charge in [-0.15, -0.1) is 0 Å². The van der Waals surface area contributed by atoms with Crippen molar-refractivity contribution in [2.75, 3.05) is 49.5 Å². The summed E-state index contributed by atoms with van der Waals surface area (Å²) in [4.78, 5) is 22.6. The largest absolute Gasteiger partial charge is 0.354 e. The predicted molar refractivity (Wildman–Crippen MR) is 182 cm³/mol. The lowest BCUT2D eigenvalue weighted by Crippen LogP contribution is -2.46. The first-order valence-electron chi connectivity index (χ1n) is 16.2. The Morgan fingerprint density at radius 1 is 0.841 bits per heavy atom. The van der Waals surface area contributed by atoms with Crippen molar-refractivity contribution >= 4 is 22.8 Å². The zero-order chi connectivity index (χ0) is 29.3. The van der Waals surface area contributed by atoms with E-state index in [2.05, 4.69) is 78.2 Å². The van der Waals surface area contributed by atoms with Crippen molar-refractivity contribution in [3.63, 3.8) is 0 Å². The third-order valence-corrected chi connectivity index (χ3v) is 8.72. The van der Waals surface area contributed by atoms with Crippen LogP contribution in [0.2, 0.25) is 0 Å². The summed E-state index contributed by atoms with van der Waals surface area (Å²) < 4.78 is 0. The van der Waals surface area contributed by atoms with Crippen LogP contribution in [0.1, 0.15) is 68.6 Å². The molecule has 0 unspecified atom stereocenters. The molecule has 44 heavy (non-hydrogen) atoms. The number of fused-ring (bicyclic) bond motifs is 1. The first kappa shape index (κ1) is 31.9.